The molecule has 34 heavy (non-hydrogen) atoms. The molecule has 2 heterocycles. The minimum Gasteiger partial charge on any atom is -0.457 e. The standard InChI is InChI=1S/C24H34BN2O5PS/c1-23(2)24(3,4)33-25(32-23)22-11-8-20(16-18(22)17-28)31-19-6-9-21(10-7-19)34(29,30)27-14-12-26(5)13-15-27/h6-11,16,28,33H,12-15,17H2,1-5H3. The average Bonchev–Trinajstić information content (AvgIpc) is 3.01. The molecule has 4 rings (SSSR count). The van der Waals surface area contributed by atoms with Gasteiger partial charge >= 0.3 is 6.64 Å². The van der Waals surface area contributed by atoms with E-state index in [0.717, 1.165) is 24.1 Å². The molecule has 0 spiro atoms. The number of likely N-dealkylation sites (N-methyl/N-ethyl adjacent to an activating group) is 1. The van der Waals surface area contributed by atoms with Gasteiger partial charge in [0.15, 0.2) is 0 Å². The summed E-state index contributed by atoms with van der Waals surface area (Å²) in [5, 5.41) is 10.1. The van der Waals surface area contributed by atoms with Crippen LogP contribution < -0.4 is 10.2 Å². The van der Waals surface area contributed by atoms with E-state index in [2.05, 4.69) is 32.6 Å². The summed E-state index contributed by atoms with van der Waals surface area (Å²) in [5.74, 6) is 1.12. The summed E-state index contributed by atoms with van der Waals surface area (Å²) in [4.78, 5) is 2.39. The molecule has 1 unspecified atom stereocenters. The number of hydrogen-bond acceptors (Lipinski definition) is 6. The maximum Gasteiger partial charge on any atom is 0.353 e. The number of benzene rings is 2. The van der Waals surface area contributed by atoms with Crippen LogP contribution in [0.3, 0.4) is 0 Å². The van der Waals surface area contributed by atoms with Crippen molar-refractivity contribution in [3.05, 3.63) is 48.0 Å². The Hall–Kier alpha value is -1.48. The average molecular weight is 504 g/mol. The van der Waals surface area contributed by atoms with Crippen molar-refractivity contribution in [3.8, 4) is 11.5 Å². The highest BCUT2D eigenvalue weighted by Crippen LogP contribution is 2.51. The number of nitrogens with zero attached hydrogens (tertiary/aromatic N) is 2. The van der Waals surface area contributed by atoms with Crippen molar-refractivity contribution in [1.82, 2.24) is 9.21 Å². The maximum atomic E-state index is 12.9. The van der Waals surface area contributed by atoms with Crippen LogP contribution in [0, 0.1) is 0 Å². The van der Waals surface area contributed by atoms with Gasteiger partial charge in [0.25, 0.3) is 0 Å². The van der Waals surface area contributed by atoms with Crippen LogP contribution in [0.4, 0.5) is 0 Å². The molecule has 10 heteroatoms. The summed E-state index contributed by atoms with van der Waals surface area (Å²) in [6.45, 7) is 10.9. The van der Waals surface area contributed by atoms with Gasteiger partial charge in [0.1, 0.15) is 11.5 Å². The molecular formula is C24H34BN2O5PS. The number of ether oxygens (including phenoxy) is 1. The molecular weight excluding hydrogens is 470 g/mol. The van der Waals surface area contributed by atoms with Crippen LogP contribution in [0.2, 0.25) is 0 Å². The fourth-order valence-electron chi connectivity index (χ4n) is 4.15. The van der Waals surface area contributed by atoms with Crippen LogP contribution in [0.25, 0.3) is 0 Å². The van der Waals surface area contributed by atoms with Gasteiger partial charge in [-0.15, -0.1) is 8.46 Å². The molecule has 0 aliphatic carbocycles. The number of aliphatic hydroxyl groups is 1. The normalized spacial score (nSPS) is 21.8. The molecule has 2 aliphatic rings. The van der Waals surface area contributed by atoms with Crippen LogP contribution >= 0.6 is 8.46 Å². The zero-order valence-electron chi connectivity index (χ0n) is 20.5. The van der Waals surface area contributed by atoms with Crippen molar-refractivity contribution in [1.29, 1.82) is 0 Å². The van der Waals surface area contributed by atoms with E-state index in [-0.39, 0.29) is 28.9 Å². The highest BCUT2D eigenvalue weighted by Gasteiger charge is 2.50. The van der Waals surface area contributed by atoms with Crippen molar-refractivity contribution in [2.24, 2.45) is 0 Å². The summed E-state index contributed by atoms with van der Waals surface area (Å²) in [6.07, 6.45) is 0. The molecule has 0 saturated carbocycles. The quantitative estimate of drug-likeness (QED) is 0.482. The largest absolute Gasteiger partial charge is 0.457 e. The van der Waals surface area contributed by atoms with Gasteiger partial charge < -0.3 is 19.4 Å². The van der Waals surface area contributed by atoms with Crippen LogP contribution in [0.5, 0.6) is 11.5 Å². The van der Waals surface area contributed by atoms with Gasteiger partial charge in [-0.05, 0) is 68.3 Å². The van der Waals surface area contributed by atoms with Crippen molar-refractivity contribution >= 4 is 30.6 Å². The fraction of sp³-hybridized carbons (Fsp3) is 0.500. The second kappa shape index (κ2) is 9.53. The van der Waals surface area contributed by atoms with E-state index in [1.165, 1.54) is 4.31 Å². The number of hydrogen-bond donors (Lipinski definition) is 1. The number of rotatable bonds is 6. The number of aliphatic hydroxyl groups excluding tert-OH is 1. The lowest BCUT2D eigenvalue weighted by Crippen LogP contribution is -2.46. The minimum atomic E-state index is -3.52. The van der Waals surface area contributed by atoms with E-state index in [9.17, 15) is 13.5 Å². The topological polar surface area (TPSA) is 79.3 Å². The predicted molar refractivity (Wildman–Crippen MR) is 138 cm³/mol. The van der Waals surface area contributed by atoms with Crippen molar-refractivity contribution in [2.75, 3.05) is 33.2 Å². The SMILES string of the molecule is CN1CCN(S(=O)(=O)c2ccc(Oc3ccc(B4OC(C)(C)C(C)(C)P4)c(CO)c3)cc2)CC1. The Balaban J connectivity index is 1.48. The fourth-order valence-corrected chi connectivity index (χ4v) is 7.42. The first-order chi connectivity index (χ1) is 15.9. The molecule has 7 nitrogen and oxygen atoms in total. The first kappa shape index (κ1) is 25.6. The summed E-state index contributed by atoms with van der Waals surface area (Å²) in [7, 11) is -0.941. The second-order valence-electron chi connectivity index (χ2n) is 10.1. The van der Waals surface area contributed by atoms with Crippen molar-refractivity contribution < 1.29 is 22.9 Å². The molecule has 0 aromatic heterocycles. The third-order valence-electron chi connectivity index (χ3n) is 7.14. The van der Waals surface area contributed by atoms with Gasteiger partial charge in [0.2, 0.25) is 10.0 Å². The van der Waals surface area contributed by atoms with E-state index in [1.54, 1.807) is 24.3 Å². The van der Waals surface area contributed by atoms with E-state index < -0.39 is 10.0 Å². The predicted octanol–water partition coefficient (Wildman–Crippen LogP) is 2.87. The summed E-state index contributed by atoms with van der Waals surface area (Å²) in [5.41, 5.74) is 1.52. The van der Waals surface area contributed by atoms with Crippen LogP contribution in [0.1, 0.15) is 33.3 Å². The maximum absolute atomic E-state index is 12.9. The highest BCUT2D eigenvalue weighted by molar-refractivity contribution is 7.89. The molecule has 0 radical (unpaired) electrons. The third kappa shape index (κ3) is 5.06. The van der Waals surface area contributed by atoms with Crippen molar-refractivity contribution in [3.63, 3.8) is 0 Å². The zero-order chi connectivity index (χ0) is 24.7. The molecule has 2 fully saturated rings. The van der Waals surface area contributed by atoms with Crippen LogP contribution in [-0.4, -0.2) is 73.3 Å². The summed E-state index contributed by atoms with van der Waals surface area (Å²) >= 11 is 0. The first-order valence-electron chi connectivity index (χ1n) is 11.6. The Kier molecular flexibility index (Phi) is 7.18. The Bertz CT molecular complexity index is 1120. The van der Waals surface area contributed by atoms with Gasteiger partial charge in [-0.2, -0.15) is 4.31 Å². The third-order valence-corrected chi connectivity index (χ3v) is 11.1. The molecule has 2 aliphatic heterocycles. The molecule has 0 amide bonds. The monoisotopic (exact) mass is 504 g/mol. The molecule has 1 N–H and O–H groups in total. The summed E-state index contributed by atoms with van der Waals surface area (Å²) < 4.78 is 39.7. The van der Waals surface area contributed by atoms with E-state index in [1.807, 2.05) is 25.2 Å². The van der Waals surface area contributed by atoms with E-state index in [0.29, 0.717) is 33.0 Å². The zero-order valence-corrected chi connectivity index (χ0v) is 22.4. The minimum absolute atomic E-state index is 0.0474. The molecule has 184 valence electrons. The Morgan fingerprint density at radius 2 is 1.65 bits per heavy atom. The van der Waals surface area contributed by atoms with Gasteiger partial charge in [0, 0.05) is 31.3 Å². The molecule has 2 aromatic rings. The number of sulfonamides is 1. The van der Waals surface area contributed by atoms with Crippen LogP contribution in [0.15, 0.2) is 47.4 Å². The van der Waals surface area contributed by atoms with E-state index >= 15 is 0 Å². The van der Waals surface area contributed by atoms with Crippen LogP contribution in [-0.2, 0) is 21.3 Å². The van der Waals surface area contributed by atoms with Gasteiger partial charge in [-0.3, -0.25) is 0 Å². The van der Waals surface area contributed by atoms with Gasteiger partial charge in [0.05, 0.1) is 17.1 Å². The van der Waals surface area contributed by atoms with Gasteiger partial charge in [-0.1, -0.05) is 19.9 Å². The molecule has 0 bridgehead atoms. The smallest absolute Gasteiger partial charge is 0.353 e. The Labute approximate surface area is 205 Å². The first-order valence-corrected chi connectivity index (χ1v) is 14.1. The van der Waals surface area contributed by atoms with Gasteiger partial charge in [-0.25, -0.2) is 8.42 Å². The molecule has 2 saturated heterocycles. The Morgan fingerprint density at radius 1 is 1.03 bits per heavy atom. The lowest BCUT2D eigenvalue weighted by Gasteiger charge is -2.33. The lowest BCUT2D eigenvalue weighted by atomic mass is 9.80. The van der Waals surface area contributed by atoms with Crippen molar-refractivity contribution in [2.45, 2.75) is 50.0 Å². The second-order valence-corrected chi connectivity index (χ2v) is 14.1. The van der Waals surface area contributed by atoms with E-state index in [4.69, 9.17) is 9.39 Å². The highest BCUT2D eigenvalue weighted by atomic mass is 32.2. The Morgan fingerprint density at radius 3 is 2.21 bits per heavy atom. The summed E-state index contributed by atoms with van der Waals surface area (Å²) in [6, 6.07) is 12.2. The molecule has 1 atom stereocenters. The number of piperazine rings is 1. The molecule has 2 aromatic carbocycles. The lowest BCUT2D eigenvalue weighted by molar-refractivity contribution is 0.0932.